The van der Waals surface area contributed by atoms with Crippen LogP contribution in [0, 0.1) is 5.92 Å². The second-order valence-corrected chi connectivity index (χ2v) is 4.36. The summed E-state index contributed by atoms with van der Waals surface area (Å²) in [5.41, 5.74) is 1.09. The summed E-state index contributed by atoms with van der Waals surface area (Å²) in [4.78, 5) is 11.7. The van der Waals surface area contributed by atoms with Crippen LogP contribution in [0.3, 0.4) is 0 Å². The second-order valence-electron chi connectivity index (χ2n) is 4.36. The number of carbonyl (C=O) groups is 1. The van der Waals surface area contributed by atoms with Crippen LogP contribution in [0.1, 0.15) is 18.9 Å². The molecule has 100 valence electrons. The molecule has 2 rings (SSSR count). The van der Waals surface area contributed by atoms with Gasteiger partial charge in [-0.3, -0.25) is 4.79 Å². The third-order valence-electron chi connectivity index (χ3n) is 3.05. The zero-order valence-corrected chi connectivity index (χ0v) is 10.6. The average molecular weight is 253 g/mol. The Bertz CT molecular complexity index is 417. The highest BCUT2D eigenvalue weighted by molar-refractivity contribution is 5.73. The molecule has 1 aliphatic rings. The Hall–Kier alpha value is -1.56. The molecular weight excluding hydrogens is 234 g/mol. The molecule has 0 radical (unpaired) electrons. The highest BCUT2D eigenvalue weighted by atomic mass is 16.5. The molecule has 6 heteroatoms. The molecule has 0 saturated heterocycles. The molecule has 6 nitrogen and oxygen atoms in total. The number of anilines is 1. The fourth-order valence-electron chi connectivity index (χ4n) is 2.13. The number of aliphatic hydroxyl groups is 1. The van der Waals surface area contributed by atoms with Gasteiger partial charge in [0.2, 0.25) is 0 Å². The van der Waals surface area contributed by atoms with Gasteiger partial charge in [-0.25, -0.2) is 4.68 Å². The van der Waals surface area contributed by atoms with Gasteiger partial charge >= 0.3 is 5.97 Å². The number of nitrogens with zero attached hydrogens (tertiary/aromatic N) is 2. The number of esters is 1. The zero-order valence-electron chi connectivity index (χ0n) is 10.6. The monoisotopic (exact) mass is 253 g/mol. The Labute approximate surface area is 106 Å². The highest BCUT2D eigenvalue weighted by Crippen LogP contribution is 2.23. The lowest BCUT2D eigenvalue weighted by molar-refractivity contribution is -0.148. The summed E-state index contributed by atoms with van der Waals surface area (Å²) in [6.45, 7) is 3.52. The molecule has 0 fully saturated rings. The van der Waals surface area contributed by atoms with E-state index in [1.54, 1.807) is 17.8 Å². The SMILES string of the molecule is CCOC(=O)C1CNc2c(CCCO)cnn2C1. The Kier molecular flexibility index (Phi) is 4.19. The summed E-state index contributed by atoms with van der Waals surface area (Å²) in [5.74, 6) is 0.607. The van der Waals surface area contributed by atoms with Gasteiger partial charge in [0.25, 0.3) is 0 Å². The van der Waals surface area contributed by atoms with Crippen molar-refractivity contribution in [2.45, 2.75) is 26.3 Å². The number of hydrogen-bond donors (Lipinski definition) is 2. The minimum atomic E-state index is -0.178. The van der Waals surface area contributed by atoms with Crippen molar-refractivity contribution in [3.63, 3.8) is 0 Å². The number of fused-ring (bicyclic) bond motifs is 1. The van der Waals surface area contributed by atoms with E-state index in [1.807, 2.05) is 0 Å². The van der Waals surface area contributed by atoms with E-state index >= 15 is 0 Å². The van der Waals surface area contributed by atoms with Gasteiger partial charge in [-0.2, -0.15) is 5.10 Å². The molecule has 0 spiro atoms. The zero-order chi connectivity index (χ0) is 13.0. The molecule has 0 bridgehead atoms. The topological polar surface area (TPSA) is 76.4 Å². The van der Waals surface area contributed by atoms with Gasteiger partial charge in [0.1, 0.15) is 5.82 Å². The maximum atomic E-state index is 11.7. The first-order valence-corrected chi connectivity index (χ1v) is 6.32. The number of nitrogens with one attached hydrogen (secondary N) is 1. The van der Waals surface area contributed by atoms with Crippen molar-refractivity contribution in [2.24, 2.45) is 5.92 Å². The van der Waals surface area contributed by atoms with Crippen LogP contribution in [0.5, 0.6) is 0 Å². The van der Waals surface area contributed by atoms with Crippen LogP contribution in [-0.2, 0) is 22.5 Å². The Balaban J connectivity index is 2.02. The fraction of sp³-hybridized carbons (Fsp3) is 0.667. The predicted molar refractivity (Wildman–Crippen MR) is 66.2 cm³/mol. The molecule has 1 aromatic rings. The first kappa shape index (κ1) is 12.9. The lowest BCUT2D eigenvalue weighted by Crippen LogP contribution is -2.34. The molecule has 1 atom stereocenters. The van der Waals surface area contributed by atoms with Crippen LogP contribution in [0.25, 0.3) is 0 Å². The maximum absolute atomic E-state index is 11.7. The number of carbonyl (C=O) groups excluding carboxylic acids is 1. The van der Waals surface area contributed by atoms with Gasteiger partial charge in [-0.15, -0.1) is 0 Å². The number of hydrogen-bond acceptors (Lipinski definition) is 5. The van der Waals surface area contributed by atoms with Gasteiger partial charge in [0.15, 0.2) is 0 Å². The van der Waals surface area contributed by atoms with E-state index < -0.39 is 0 Å². The normalized spacial score (nSPS) is 18.0. The van der Waals surface area contributed by atoms with Gasteiger partial charge in [0, 0.05) is 18.7 Å². The van der Waals surface area contributed by atoms with E-state index in [1.165, 1.54) is 0 Å². The van der Waals surface area contributed by atoms with Crippen LogP contribution in [-0.4, -0.2) is 40.6 Å². The van der Waals surface area contributed by atoms with Crippen LogP contribution >= 0.6 is 0 Å². The minimum Gasteiger partial charge on any atom is -0.466 e. The van der Waals surface area contributed by atoms with E-state index in [4.69, 9.17) is 9.84 Å². The van der Waals surface area contributed by atoms with Crippen LogP contribution in [0.15, 0.2) is 6.20 Å². The highest BCUT2D eigenvalue weighted by Gasteiger charge is 2.27. The molecule has 0 aromatic carbocycles. The molecule has 2 heterocycles. The van der Waals surface area contributed by atoms with E-state index in [2.05, 4.69) is 10.4 Å². The molecule has 0 saturated carbocycles. The third kappa shape index (κ3) is 2.64. The molecule has 0 amide bonds. The molecule has 2 N–H and O–H groups in total. The molecular formula is C12H19N3O3. The third-order valence-corrected chi connectivity index (χ3v) is 3.05. The first-order chi connectivity index (χ1) is 8.76. The van der Waals surface area contributed by atoms with Crippen molar-refractivity contribution in [1.82, 2.24) is 9.78 Å². The minimum absolute atomic E-state index is 0.177. The summed E-state index contributed by atoms with van der Waals surface area (Å²) >= 11 is 0. The van der Waals surface area contributed by atoms with E-state index in [0.717, 1.165) is 24.2 Å². The Morgan fingerprint density at radius 3 is 3.28 bits per heavy atom. The quantitative estimate of drug-likeness (QED) is 0.743. The van der Waals surface area contributed by atoms with Crippen molar-refractivity contribution in [3.05, 3.63) is 11.8 Å². The predicted octanol–water partition coefficient (Wildman–Crippen LogP) is 0.413. The van der Waals surface area contributed by atoms with Gasteiger partial charge in [0.05, 0.1) is 25.3 Å². The smallest absolute Gasteiger partial charge is 0.312 e. The summed E-state index contributed by atoms with van der Waals surface area (Å²) in [6, 6.07) is 0. The van der Waals surface area contributed by atoms with Crippen LogP contribution in [0.2, 0.25) is 0 Å². The summed E-state index contributed by atoms with van der Waals surface area (Å²) < 4.78 is 6.82. The average Bonchev–Trinajstić information content (AvgIpc) is 2.79. The van der Waals surface area contributed by atoms with E-state index in [0.29, 0.717) is 19.7 Å². The molecule has 1 aromatic heterocycles. The summed E-state index contributed by atoms with van der Waals surface area (Å²) in [6.07, 6.45) is 3.32. The van der Waals surface area contributed by atoms with Crippen LogP contribution < -0.4 is 5.32 Å². The van der Waals surface area contributed by atoms with Gasteiger partial charge in [-0.05, 0) is 19.8 Å². The standard InChI is InChI=1S/C12H19N3O3/c1-2-18-12(17)10-6-13-11-9(4-3-5-16)7-14-15(11)8-10/h7,10,13,16H,2-6,8H2,1H3. The Morgan fingerprint density at radius 2 is 2.56 bits per heavy atom. The van der Waals surface area contributed by atoms with E-state index in [-0.39, 0.29) is 18.5 Å². The number of aryl methyl sites for hydroxylation is 1. The fourth-order valence-corrected chi connectivity index (χ4v) is 2.13. The van der Waals surface area contributed by atoms with Crippen molar-refractivity contribution in [2.75, 3.05) is 25.1 Å². The summed E-state index contributed by atoms with van der Waals surface area (Å²) in [5, 5.41) is 16.3. The molecule has 0 aliphatic carbocycles. The molecule has 18 heavy (non-hydrogen) atoms. The first-order valence-electron chi connectivity index (χ1n) is 6.32. The van der Waals surface area contributed by atoms with E-state index in [9.17, 15) is 4.79 Å². The second kappa shape index (κ2) is 5.86. The number of aromatic nitrogens is 2. The van der Waals surface area contributed by atoms with Gasteiger partial charge < -0.3 is 15.2 Å². The van der Waals surface area contributed by atoms with Crippen molar-refractivity contribution >= 4 is 11.8 Å². The van der Waals surface area contributed by atoms with Crippen molar-refractivity contribution < 1.29 is 14.6 Å². The van der Waals surface area contributed by atoms with Gasteiger partial charge in [-0.1, -0.05) is 0 Å². The molecule has 1 unspecified atom stereocenters. The van der Waals surface area contributed by atoms with Crippen molar-refractivity contribution in [3.8, 4) is 0 Å². The Morgan fingerprint density at radius 1 is 1.72 bits per heavy atom. The lowest BCUT2D eigenvalue weighted by atomic mass is 10.1. The number of aliphatic hydroxyl groups excluding tert-OH is 1. The number of ether oxygens (including phenoxy) is 1. The van der Waals surface area contributed by atoms with Crippen LogP contribution in [0.4, 0.5) is 5.82 Å². The van der Waals surface area contributed by atoms with Crippen molar-refractivity contribution in [1.29, 1.82) is 0 Å². The number of rotatable bonds is 5. The lowest BCUT2D eigenvalue weighted by Gasteiger charge is -2.24. The largest absolute Gasteiger partial charge is 0.466 e. The summed E-state index contributed by atoms with van der Waals surface area (Å²) in [7, 11) is 0. The maximum Gasteiger partial charge on any atom is 0.312 e. The molecule has 1 aliphatic heterocycles.